The van der Waals surface area contributed by atoms with Crippen LogP contribution in [-0.4, -0.2) is 48.3 Å². The number of ether oxygens (including phenoxy) is 1. The minimum absolute atomic E-state index is 0.0526. The summed E-state index contributed by atoms with van der Waals surface area (Å²) >= 11 is 0. The fourth-order valence-electron chi connectivity index (χ4n) is 2.15. The van der Waals surface area contributed by atoms with Crippen molar-refractivity contribution >= 4 is 12.1 Å². The van der Waals surface area contributed by atoms with E-state index in [0.717, 1.165) is 19.4 Å². The summed E-state index contributed by atoms with van der Waals surface area (Å²) < 4.78 is 5.10. The highest BCUT2D eigenvalue weighted by molar-refractivity contribution is 5.74. The molecule has 0 aromatic heterocycles. The normalized spacial score (nSPS) is 19.4. The van der Waals surface area contributed by atoms with Crippen LogP contribution in [0.15, 0.2) is 0 Å². The molecule has 2 N–H and O–H groups in total. The van der Waals surface area contributed by atoms with Crippen molar-refractivity contribution in [1.82, 2.24) is 15.5 Å². The maximum Gasteiger partial charge on any atom is 0.407 e. The molecule has 0 saturated carbocycles. The highest BCUT2D eigenvalue weighted by atomic mass is 16.6. The number of rotatable bonds is 3. The van der Waals surface area contributed by atoms with Crippen LogP contribution in [0.1, 0.15) is 47.0 Å². The van der Waals surface area contributed by atoms with Gasteiger partial charge in [-0.2, -0.15) is 0 Å². The van der Waals surface area contributed by atoms with Crippen LogP contribution in [0, 0.1) is 0 Å². The lowest BCUT2D eigenvalue weighted by atomic mass is 10.0. The summed E-state index contributed by atoms with van der Waals surface area (Å²) in [5, 5.41) is 5.43. The Morgan fingerprint density at radius 1 is 1.20 bits per heavy atom. The first-order valence-corrected chi connectivity index (χ1v) is 7.31. The van der Waals surface area contributed by atoms with Crippen LogP contribution in [0.5, 0.6) is 0 Å². The second kappa shape index (κ2) is 7.36. The maximum absolute atomic E-state index is 12.0. The first kappa shape index (κ1) is 16.6. The summed E-state index contributed by atoms with van der Waals surface area (Å²) in [6.07, 6.45) is 2.85. The molecule has 0 spiro atoms. The van der Waals surface area contributed by atoms with Crippen LogP contribution in [-0.2, 0) is 4.74 Å². The van der Waals surface area contributed by atoms with Crippen molar-refractivity contribution in [3.8, 4) is 0 Å². The van der Waals surface area contributed by atoms with Crippen LogP contribution < -0.4 is 10.6 Å². The molecule has 1 aliphatic rings. The number of hydrogen-bond acceptors (Lipinski definition) is 3. The number of nitrogens with zero attached hydrogens (tertiary/aromatic N) is 1. The minimum Gasteiger partial charge on any atom is -0.444 e. The quantitative estimate of drug-likeness (QED) is 0.780. The van der Waals surface area contributed by atoms with Gasteiger partial charge in [0.1, 0.15) is 5.60 Å². The predicted octanol–water partition coefficient (Wildman–Crippen LogP) is 2.10. The summed E-state index contributed by atoms with van der Waals surface area (Å²) in [4.78, 5) is 25.2. The number of likely N-dealkylation sites (tertiary alicyclic amines) is 1. The minimum atomic E-state index is -0.503. The molecule has 0 aliphatic carbocycles. The summed E-state index contributed by atoms with van der Waals surface area (Å²) in [5.74, 6) is 0. The molecule has 1 atom stereocenters. The Morgan fingerprint density at radius 3 is 2.45 bits per heavy atom. The van der Waals surface area contributed by atoms with Gasteiger partial charge >= 0.3 is 12.1 Å². The third-order valence-corrected chi connectivity index (χ3v) is 3.13. The van der Waals surface area contributed by atoms with Crippen LogP contribution in [0.3, 0.4) is 0 Å². The van der Waals surface area contributed by atoms with Crippen molar-refractivity contribution in [3.05, 3.63) is 0 Å². The summed E-state index contributed by atoms with van der Waals surface area (Å²) in [6, 6.07) is 0.241. The molecule has 20 heavy (non-hydrogen) atoms. The topological polar surface area (TPSA) is 70.7 Å². The largest absolute Gasteiger partial charge is 0.444 e. The molecule has 1 saturated heterocycles. The number of urea groups is 1. The van der Waals surface area contributed by atoms with Crippen LogP contribution >= 0.6 is 0 Å². The van der Waals surface area contributed by atoms with Crippen LogP contribution in [0.2, 0.25) is 0 Å². The Morgan fingerprint density at radius 2 is 1.85 bits per heavy atom. The lowest BCUT2D eigenvalue weighted by Crippen LogP contribution is -2.49. The summed E-state index contributed by atoms with van der Waals surface area (Å²) in [5.41, 5.74) is -0.503. The number of hydrogen-bond donors (Lipinski definition) is 2. The van der Waals surface area contributed by atoms with Gasteiger partial charge in [-0.15, -0.1) is 0 Å². The zero-order valence-corrected chi connectivity index (χ0v) is 13.0. The Hall–Kier alpha value is -1.46. The standard InChI is InChI=1S/C14H27N3O3/c1-11-7-5-6-10-17(11)12(18)15-8-9-16-13(19)20-14(2,3)4/h11H,5-10H2,1-4H3,(H,15,18)(H,16,19)/t11-/m1/s1. The summed E-state index contributed by atoms with van der Waals surface area (Å²) in [7, 11) is 0. The SMILES string of the molecule is C[C@@H]1CCCCN1C(=O)NCCNC(=O)OC(C)(C)C. The zero-order chi connectivity index (χ0) is 15.2. The third-order valence-electron chi connectivity index (χ3n) is 3.13. The molecule has 1 heterocycles. The van der Waals surface area contributed by atoms with Crippen molar-refractivity contribution in [1.29, 1.82) is 0 Å². The van der Waals surface area contributed by atoms with Crippen molar-refractivity contribution in [2.45, 2.75) is 58.6 Å². The van der Waals surface area contributed by atoms with Gasteiger partial charge in [0.2, 0.25) is 0 Å². The molecule has 6 nitrogen and oxygen atoms in total. The molecule has 0 bridgehead atoms. The van der Waals surface area contributed by atoms with E-state index in [9.17, 15) is 9.59 Å². The molecule has 0 aromatic carbocycles. The number of carbonyl (C=O) groups excluding carboxylic acids is 2. The monoisotopic (exact) mass is 285 g/mol. The van der Waals surface area contributed by atoms with Gasteiger partial charge in [-0.25, -0.2) is 9.59 Å². The third kappa shape index (κ3) is 6.12. The Balaban J connectivity index is 2.17. The van der Waals surface area contributed by atoms with E-state index < -0.39 is 11.7 Å². The molecule has 3 amide bonds. The molecule has 1 aliphatic heterocycles. The number of amides is 3. The average molecular weight is 285 g/mol. The number of piperidine rings is 1. The van der Waals surface area contributed by atoms with Gasteiger partial charge in [0, 0.05) is 25.7 Å². The van der Waals surface area contributed by atoms with E-state index in [4.69, 9.17) is 4.74 Å². The van der Waals surface area contributed by atoms with Gasteiger partial charge in [-0.1, -0.05) is 0 Å². The van der Waals surface area contributed by atoms with E-state index in [0.29, 0.717) is 19.1 Å². The lowest BCUT2D eigenvalue weighted by molar-refractivity contribution is 0.0528. The van der Waals surface area contributed by atoms with Crippen molar-refractivity contribution in [2.75, 3.05) is 19.6 Å². The molecule has 1 rings (SSSR count). The molecule has 0 aromatic rings. The molecular weight excluding hydrogens is 258 g/mol. The van der Waals surface area contributed by atoms with E-state index in [1.165, 1.54) is 6.42 Å². The van der Waals surface area contributed by atoms with Gasteiger partial charge in [0.25, 0.3) is 0 Å². The molecular formula is C14H27N3O3. The van der Waals surface area contributed by atoms with Crippen molar-refractivity contribution in [2.24, 2.45) is 0 Å². The van der Waals surface area contributed by atoms with Gasteiger partial charge < -0.3 is 20.3 Å². The highest BCUT2D eigenvalue weighted by Gasteiger charge is 2.22. The fraction of sp³-hybridized carbons (Fsp3) is 0.857. The molecule has 116 valence electrons. The first-order chi connectivity index (χ1) is 9.29. The number of nitrogens with one attached hydrogen (secondary N) is 2. The van der Waals surface area contributed by atoms with Gasteiger partial charge in [0.05, 0.1) is 0 Å². The Bertz CT molecular complexity index is 339. The molecule has 0 radical (unpaired) electrons. The first-order valence-electron chi connectivity index (χ1n) is 7.31. The lowest BCUT2D eigenvalue weighted by Gasteiger charge is -2.33. The second-order valence-electron chi connectivity index (χ2n) is 6.20. The van der Waals surface area contributed by atoms with E-state index in [-0.39, 0.29) is 6.03 Å². The van der Waals surface area contributed by atoms with Gasteiger partial charge in [-0.3, -0.25) is 0 Å². The fourth-order valence-corrected chi connectivity index (χ4v) is 2.15. The van der Waals surface area contributed by atoms with E-state index in [2.05, 4.69) is 17.6 Å². The van der Waals surface area contributed by atoms with E-state index >= 15 is 0 Å². The molecule has 1 fully saturated rings. The predicted molar refractivity (Wildman–Crippen MR) is 77.7 cm³/mol. The van der Waals surface area contributed by atoms with Gasteiger partial charge in [0.15, 0.2) is 0 Å². The highest BCUT2D eigenvalue weighted by Crippen LogP contribution is 2.15. The average Bonchev–Trinajstić information content (AvgIpc) is 2.33. The van der Waals surface area contributed by atoms with Crippen LogP contribution in [0.4, 0.5) is 9.59 Å². The molecule has 0 unspecified atom stereocenters. The second-order valence-corrected chi connectivity index (χ2v) is 6.20. The van der Waals surface area contributed by atoms with Crippen molar-refractivity contribution < 1.29 is 14.3 Å². The Kier molecular flexibility index (Phi) is 6.10. The summed E-state index contributed by atoms with van der Waals surface area (Å²) in [6.45, 7) is 9.08. The van der Waals surface area contributed by atoms with E-state index in [1.807, 2.05) is 25.7 Å². The smallest absolute Gasteiger partial charge is 0.407 e. The maximum atomic E-state index is 12.0. The molecule has 6 heteroatoms. The van der Waals surface area contributed by atoms with Crippen molar-refractivity contribution in [3.63, 3.8) is 0 Å². The van der Waals surface area contributed by atoms with E-state index in [1.54, 1.807) is 0 Å². The Labute approximate surface area is 121 Å². The zero-order valence-electron chi connectivity index (χ0n) is 13.0. The number of alkyl carbamates (subject to hydrolysis) is 1. The van der Waals surface area contributed by atoms with Crippen LogP contribution in [0.25, 0.3) is 0 Å². The van der Waals surface area contributed by atoms with Gasteiger partial charge in [-0.05, 0) is 47.0 Å². The number of carbonyl (C=O) groups is 2.